The zero-order chi connectivity index (χ0) is 16.5. The van der Waals surface area contributed by atoms with Gasteiger partial charge in [0, 0.05) is 0 Å². The molecular formula is C20H19NO2. The van der Waals surface area contributed by atoms with Gasteiger partial charge in [-0.2, -0.15) is 5.26 Å². The molecular weight excluding hydrogens is 286 g/mol. The van der Waals surface area contributed by atoms with Crippen LogP contribution in [0.2, 0.25) is 0 Å². The van der Waals surface area contributed by atoms with Crippen LogP contribution in [0.15, 0.2) is 61.2 Å². The highest BCUT2D eigenvalue weighted by Gasteiger charge is 2.08. The molecule has 0 aliphatic rings. The number of ether oxygens (including phenoxy) is 1. The maximum atomic E-state index is 12.1. The van der Waals surface area contributed by atoms with Crippen LogP contribution in [0.5, 0.6) is 5.75 Å². The third-order valence-electron chi connectivity index (χ3n) is 3.51. The number of esters is 1. The van der Waals surface area contributed by atoms with Crippen LogP contribution in [0.3, 0.4) is 0 Å². The molecule has 2 aromatic carbocycles. The Morgan fingerprint density at radius 2 is 1.78 bits per heavy atom. The predicted octanol–water partition coefficient (Wildman–Crippen LogP) is 4.68. The Hall–Kier alpha value is -2.86. The number of carbonyl (C=O) groups excluding carboxylic acids is 1. The molecule has 0 N–H and O–H groups in total. The van der Waals surface area contributed by atoms with E-state index >= 15 is 0 Å². The Morgan fingerprint density at radius 3 is 2.39 bits per heavy atom. The van der Waals surface area contributed by atoms with E-state index in [0.717, 1.165) is 25.7 Å². The molecule has 116 valence electrons. The second kappa shape index (κ2) is 8.55. The fraction of sp³-hybridized carbons (Fsp3) is 0.200. The molecule has 23 heavy (non-hydrogen) atoms. The van der Waals surface area contributed by atoms with E-state index in [9.17, 15) is 4.79 Å². The summed E-state index contributed by atoms with van der Waals surface area (Å²) in [6.07, 6.45) is 6.21. The predicted molar refractivity (Wildman–Crippen MR) is 90.3 cm³/mol. The van der Waals surface area contributed by atoms with Crippen LogP contribution in [0.25, 0.3) is 0 Å². The van der Waals surface area contributed by atoms with Crippen LogP contribution in [-0.4, -0.2) is 5.97 Å². The second-order valence-electron chi connectivity index (χ2n) is 5.26. The van der Waals surface area contributed by atoms with Gasteiger partial charge in [0.05, 0.1) is 17.2 Å². The number of nitrogens with zero attached hydrogens (tertiary/aromatic N) is 1. The van der Waals surface area contributed by atoms with E-state index in [0.29, 0.717) is 16.9 Å². The smallest absolute Gasteiger partial charge is 0.343 e. The minimum atomic E-state index is -0.395. The van der Waals surface area contributed by atoms with Gasteiger partial charge in [-0.3, -0.25) is 0 Å². The van der Waals surface area contributed by atoms with Crippen LogP contribution in [-0.2, 0) is 6.42 Å². The van der Waals surface area contributed by atoms with Crippen molar-refractivity contribution in [3.8, 4) is 11.8 Å². The molecule has 3 heteroatoms. The van der Waals surface area contributed by atoms with E-state index in [1.807, 2.05) is 24.3 Å². The molecule has 0 aliphatic carbocycles. The number of hydrogen-bond acceptors (Lipinski definition) is 3. The largest absolute Gasteiger partial charge is 0.423 e. The third-order valence-corrected chi connectivity index (χ3v) is 3.51. The van der Waals surface area contributed by atoms with E-state index in [-0.39, 0.29) is 0 Å². The van der Waals surface area contributed by atoms with Gasteiger partial charge in [-0.15, -0.1) is 6.58 Å². The minimum absolute atomic E-state index is 0.395. The first-order valence-electron chi connectivity index (χ1n) is 7.65. The molecule has 0 radical (unpaired) electrons. The highest BCUT2D eigenvalue weighted by Crippen LogP contribution is 2.15. The number of unbranched alkanes of at least 4 members (excludes halogenated alkanes) is 2. The van der Waals surface area contributed by atoms with Gasteiger partial charge >= 0.3 is 5.97 Å². The van der Waals surface area contributed by atoms with Crippen molar-refractivity contribution in [2.24, 2.45) is 0 Å². The Balaban J connectivity index is 1.91. The molecule has 0 fully saturated rings. The molecule has 3 nitrogen and oxygen atoms in total. The van der Waals surface area contributed by atoms with Crippen molar-refractivity contribution in [3.63, 3.8) is 0 Å². The summed E-state index contributed by atoms with van der Waals surface area (Å²) in [6.45, 7) is 3.71. The van der Waals surface area contributed by atoms with Crippen LogP contribution < -0.4 is 4.74 Å². The van der Waals surface area contributed by atoms with E-state index in [1.165, 1.54) is 5.56 Å². The summed E-state index contributed by atoms with van der Waals surface area (Å²) < 4.78 is 5.29. The highest BCUT2D eigenvalue weighted by molar-refractivity contribution is 5.91. The van der Waals surface area contributed by atoms with Crippen LogP contribution in [0, 0.1) is 11.3 Å². The standard InChI is InChI=1S/C20H19NO2/c1-2-3-4-5-6-16-7-11-18(12-8-16)20(22)23-19-13-9-17(15-21)10-14-19/h2,7-14H,1,3-6H2. The van der Waals surface area contributed by atoms with E-state index < -0.39 is 5.97 Å². The summed E-state index contributed by atoms with van der Waals surface area (Å²) in [5.41, 5.74) is 2.26. The van der Waals surface area contributed by atoms with Gasteiger partial charge in [-0.1, -0.05) is 18.2 Å². The zero-order valence-electron chi connectivity index (χ0n) is 13.0. The van der Waals surface area contributed by atoms with Crippen molar-refractivity contribution < 1.29 is 9.53 Å². The van der Waals surface area contributed by atoms with Gasteiger partial charge in [0.15, 0.2) is 0 Å². The minimum Gasteiger partial charge on any atom is -0.423 e. The molecule has 0 atom stereocenters. The summed E-state index contributed by atoms with van der Waals surface area (Å²) in [7, 11) is 0. The molecule has 0 saturated heterocycles. The number of aryl methyl sites for hydroxylation is 1. The van der Waals surface area contributed by atoms with Crippen LogP contribution in [0.1, 0.15) is 40.7 Å². The fourth-order valence-electron chi connectivity index (χ4n) is 2.19. The lowest BCUT2D eigenvalue weighted by atomic mass is 10.1. The molecule has 0 heterocycles. The third kappa shape index (κ3) is 5.12. The van der Waals surface area contributed by atoms with Crippen molar-refractivity contribution in [2.75, 3.05) is 0 Å². The normalized spacial score (nSPS) is 9.87. The molecule has 0 saturated carbocycles. The molecule has 0 spiro atoms. The van der Waals surface area contributed by atoms with Gasteiger partial charge in [-0.25, -0.2) is 4.79 Å². The summed E-state index contributed by atoms with van der Waals surface area (Å²) in [6, 6.07) is 16.0. The van der Waals surface area contributed by atoms with E-state index in [2.05, 4.69) is 6.58 Å². The number of allylic oxidation sites excluding steroid dienone is 1. The first-order chi connectivity index (χ1) is 11.2. The quantitative estimate of drug-likeness (QED) is 0.323. The lowest BCUT2D eigenvalue weighted by Crippen LogP contribution is -2.08. The van der Waals surface area contributed by atoms with E-state index in [1.54, 1.807) is 36.4 Å². The van der Waals surface area contributed by atoms with E-state index in [4.69, 9.17) is 10.00 Å². The Bertz CT molecular complexity index is 694. The van der Waals surface area contributed by atoms with Crippen molar-refractivity contribution in [1.82, 2.24) is 0 Å². The second-order valence-corrected chi connectivity index (χ2v) is 5.26. The zero-order valence-corrected chi connectivity index (χ0v) is 13.0. The lowest BCUT2D eigenvalue weighted by molar-refractivity contribution is 0.0735. The van der Waals surface area contributed by atoms with Crippen LogP contribution >= 0.6 is 0 Å². The molecule has 0 unspecified atom stereocenters. The topological polar surface area (TPSA) is 50.1 Å². The lowest BCUT2D eigenvalue weighted by Gasteiger charge is -2.05. The van der Waals surface area contributed by atoms with Crippen LogP contribution in [0.4, 0.5) is 0 Å². The SMILES string of the molecule is C=CCCCCc1ccc(C(=O)Oc2ccc(C#N)cc2)cc1. The molecule has 2 aromatic rings. The Morgan fingerprint density at radius 1 is 1.09 bits per heavy atom. The maximum absolute atomic E-state index is 12.1. The van der Waals surface area contributed by atoms with Gasteiger partial charge in [0.1, 0.15) is 5.75 Å². The monoisotopic (exact) mass is 305 g/mol. The van der Waals surface area contributed by atoms with Crippen molar-refractivity contribution in [1.29, 1.82) is 5.26 Å². The first kappa shape index (κ1) is 16.5. The van der Waals surface area contributed by atoms with Crippen molar-refractivity contribution in [2.45, 2.75) is 25.7 Å². The number of nitriles is 1. The van der Waals surface area contributed by atoms with Gasteiger partial charge in [0.25, 0.3) is 0 Å². The molecule has 0 bridgehead atoms. The molecule has 0 aliphatic heterocycles. The van der Waals surface area contributed by atoms with Gasteiger partial charge < -0.3 is 4.74 Å². The maximum Gasteiger partial charge on any atom is 0.343 e. The van der Waals surface area contributed by atoms with Crippen molar-refractivity contribution >= 4 is 5.97 Å². The number of carbonyl (C=O) groups is 1. The highest BCUT2D eigenvalue weighted by atomic mass is 16.5. The number of rotatable bonds is 7. The van der Waals surface area contributed by atoms with Gasteiger partial charge in [-0.05, 0) is 67.6 Å². The average molecular weight is 305 g/mol. The Labute approximate surface area is 136 Å². The first-order valence-corrected chi connectivity index (χ1v) is 7.65. The molecule has 0 amide bonds. The molecule has 2 rings (SSSR count). The number of hydrogen-bond donors (Lipinski definition) is 0. The number of benzene rings is 2. The summed E-state index contributed by atoms with van der Waals surface area (Å²) in [5.74, 6) is 0.0374. The Kier molecular flexibility index (Phi) is 6.14. The van der Waals surface area contributed by atoms with Crippen molar-refractivity contribution in [3.05, 3.63) is 77.9 Å². The average Bonchev–Trinajstić information content (AvgIpc) is 2.60. The summed E-state index contributed by atoms with van der Waals surface area (Å²) in [4.78, 5) is 12.1. The molecule has 0 aromatic heterocycles. The fourth-order valence-corrected chi connectivity index (χ4v) is 2.19. The summed E-state index contributed by atoms with van der Waals surface area (Å²) >= 11 is 0. The van der Waals surface area contributed by atoms with Gasteiger partial charge in [0.2, 0.25) is 0 Å². The summed E-state index contributed by atoms with van der Waals surface area (Å²) in [5, 5.41) is 8.74.